The number of piperidine rings is 1. The van der Waals surface area contributed by atoms with Crippen LogP contribution in [-0.2, 0) is 9.53 Å². The predicted octanol–water partition coefficient (Wildman–Crippen LogP) is 4.71. The van der Waals surface area contributed by atoms with E-state index in [1.54, 1.807) is 6.33 Å². The zero-order valence-corrected chi connectivity index (χ0v) is 18.7. The summed E-state index contributed by atoms with van der Waals surface area (Å²) < 4.78 is 8.59. The molecular formula is C21H29BrN4O2. The Kier molecular flexibility index (Phi) is 5.14. The Morgan fingerprint density at radius 2 is 2.07 bits per heavy atom. The molecule has 2 aromatic rings. The number of carbonyl (C=O) groups is 1. The Bertz CT molecular complexity index is 884. The molecule has 0 aromatic carbocycles. The van der Waals surface area contributed by atoms with E-state index >= 15 is 0 Å². The number of rotatable bonds is 4. The molecule has 152 valence electrons. The molecule has 4 rings (SSSR count). The fourth-order valence-corrected chi connectivity index (χ4v) is 4.76. The highest BCUT2D eigenvalue weighted by Gasteiger charge is 2.37. The first kappa shape index (κ1) is 19.7. The van der Waals surface area contributed by atoms with Gasteiger partial charge in [0.05, 0.1) is 5.92 Å². The van der Waals surface area contributed by atoms with Crippen LogP contribution in [0.15, 0.2) is 17.0 Å². The van der Waals surface area contributed by atoms with Crippen LogP contribution in [0, 0.1) is 5.92 Å². The number of ether oxygens (including phenoxy) is 1. The molecule has 2 aliphatic rings. The fraction of sp³-hybridized carbons (Fsp3) is 0.667. The number of nitrogens with zero attached hydrogens (tertiary/aromatic N) is 4. The highest BCUT2D eigenvalue weighted by atomic mass is 79.9. The van der Waals surface area contributed by atoms with Crippen molar-refractivity contribution in [1.29, 1.82) is 0 Å². The highest BCUT2D eigenvalue weighted by Crippen LogP contribution is 2.46. The lowest BCUT2D eigenvalue weighted by Crippen LogP contribution is -2.46. The van der Waals surface area contributed by atoms with Crippen LogP contribution in [-0.4, -0.2) is 38.8 Å². The van der Waals surface area contributed by atoms with Gasteiger partial charge in [0.25, 0.3) is 0 Å². The second kappa shape index (κ2) is 7.32. The van der Waals surface area contributed by atoms with E-state index in [9.17, 15) is 4.79 Å². The molecule has 0 amide bonds. The second-order valence-electron chi connectivity index (χ2n) is 9.05. The third kappa shape index (κ3) is 3.78. The number of hydrogen-bond donors (Lipinski definition) is 0. The number of fused-ring (bicyclic) bond motifs is 1. The van der Waals surface area contributed by atoms with Crippen LogP contribution in [0.25, 0.3) is 5.52 Å². The van der Waals surface area contributed by atoms with Crippen molar-refractivity contribution in [2.45, 2.75) is 77.4 Å². The van der Waals surface area contributed by atoms with Crippen LogP contribution in [0.1, 0.15) is 71.3 Å². The molecule has 1 unspecified atom stereocenters. The number of esters is 1. The van der Waals surface area contributed by atoms with Crippen LogP contribution in [0.3, 0.4) is 0 Å². The normalized spacial score (nSPS) is 23.2. The van der Waals surface area contributed by atoms with Crippen molar-refractivity contribution in [2.75, 3.05) is 11.4 Å². The van der Waals surface area contributed by atoms with Gasteiger partial charge < -0.3 is 9.64 Å². The number of halogens is 1. The third-order valence-corrected chi connectivity index (χ3v) is 6.30. The van der Waals surface area contributed by atoms with E-state index in [1.807, 2.05) is 25.3 Å². The van der Waals surface area contributed by atoms with Gasteiger partial charge >= 0.3 is 5.97 Å². The maximum absolute atomic E-state index is 12.6. The van der Waals surface area contributed by atoms with E-state index in [1.165, 1.54) is 18.4 Å². The molecule has 1 saturated carbocycles. The van der Waals surface area contributed by atoms with Crippen molar-refractivity contribution in [3.63, 3.8) is 0 Å². The number of aromatic nitrogens is 3. The molecule has 1 aliphatic carbocycles. The van der Waals surface area contributed by atoms with Crippen molar-refractivity contribution in [3.05, 3.63) is 22.6 Å². The molecular weight excluding hydrogens is 420 g/mol. The molecule has 0 N–H and O–H groups in total. The van der Waals surface area contributed by atoms with E-state index in [-0.39, 0.29) is 17.9 Å². The average molecular weight is 449 g/mol. The smallest absolute Gasteiger partial charge is 0.309 e. The highest BCUT2D eigenvalue weighted by molar-refractivity contribution is 9.10. The van der Waals surface area contributed by atoms with Gasteiger partial charge in [0.2, 0.25) is 0 Å². The summed E-state index contributed by atoms with van der Waals surface area (Å²) in [7, 11) is 0. The first-order chi connectivity index (χ1) is 13.3. The SMILES string of the molecule is CC[C@H]1CC(C(=O)OC(C)(C)C)CCN1c1ncnn2c(Br)cc(C3CC3)c12. The maximum Gasteiger partial charge on any atom is 0.309 e. The molecule has 28 heavy (non-hydrogen) atoms. The van der Waals surface area contributed by atoms with E-state index in [4.69, 9.17) is 9.72 Å². The van der Waals surface area contributed by atoms with Gasteiger partial charge in [-0.2, -0.15) is 5.10 Å². The Hall–Kier alpha value is -1.63. The van der Waals surface area contributed by atoms with Gasteiger partial charge in [0.1, 0.15) is 22.0 Å². The summed E-state index contributed by atoms with van der Waals surface area (Å²) in [6, 6.07) is 2.46. The minimum Gasteiger partial charge on any atom is -0.460 e. The van der Waals surface area contributed by atoms with Crippen LogP contribution >= 0.6 is 15.9 Å². The van der Waals surface area contributed by atoms with Crippen LogP contribution in [0.2, 0.25) is 0 Å². The summed E-state index contributed by atoms with van der Waals surface area (Å²) in [5.41, 5.74) is 2.02. The number of carbonyl (C=O) groups excluding carboxylic acids is 1. The molecule has 1 saturated heterocycles. The molecule has 1 aliphatic heterocycles. The van der Waals surface area contributed by atoms with Gasteiger partial charge in [-0.25, -0.2) is 9.50 Å². The zero-order chi connectivity index (χ0) is 20.1. The van der Waals surface area contributed by atoms with Gasteiger partial charge in [-0.3, -0.25) is 4.79 Å². The molecule has 0 spiro atoms. The van der Waals surface area contributed by atoms with Crippen LogP contribution in [0.4, 0.5) is 5.82 Å². The lowest BCUT2D eigenvalue weighted by molar-refractivity contribution is -0.161. The van der Waals surface area contributed by atoms with Gasteiger partial charge in [-0.05, 0) is 86.4 Å². The Morgan fingerprint density at radius 1 is 1.32 bits per heavy atom. The summed E-state index contributed by atoms with van der Waals surface area (Å²) in [5, 5.41) is 4.46. The molecule has 0 bridgehead atoms. The van der Waals surface area contributed by atoms with E-state index in [0.29, 0.717) is 5.92 Å². The monoisotopic (exact) mass is 448 g/mol. The van der Waals surface area contributed by atoms with Crippen LogP contribution < -0.4 is 4.90 Å². The predicted molar refractivity (Wildman–Crippen MR) is 113 cm³/mol. The van der Waals surface area contributed by atoms with E-state index < -0.39 is 5.60 Å². The molecule has 3 heterocycles. The van der Waals surface area contributed by atoms with Crippen molar-refractivity contribution in [3.8, 4) is 0 Å². The summed E-state index contributed by atoms with van der Waals surface area (Å²) >= 11 is 3.65. The lowest BCUT2D eigenvalue weighted by atomic mass is 9.89. The van der Waals surface area contributed by atoms with Gasteiger partial charge in [0, 0.05) is 12.6 Å². The molecule has 7 heteroatoms. The van der Waals surface area contributed by atoms with Gasteiger partial charge in [0.15, 0.2) is 5.82 Å². The fourth-order valence-electron chi connectivity index (χ4n) is 4.25. The summed E-state index contributed by atoms with van der Waals surface area (Å²) in [6.07, 6.45) is 6.67. The summed E-state index contributed by atoms with van der Waals surface area (Å²) in [5.74, 6) is 1.50. The Balaban J connectivity index is 1.63. The first-order valence-corrected chi connectivity index (χ1v) is 11.1. The second-order valence-corrected chi connectivity index (χ2v) is 9.86. The third-order valence-electron chi connectivity index (χ3n) is 5.74. The minimum absolute atomic E-state index is 0.0419. The molecule has 6 nitrogen and oxygen atoms in total. The topological polar surface area (TPSA) is 59.7 Å². The molecule has 2 fully saturated rings. The quantitative estimate of drug-likeness (QED) is 0.633. The lowest BCUT2D eigenvalue weighted by Gasteiger charge is -2.40. The minimum atomic E-state index is -0.438. The largest absolute Gasteiger partial charge is 0.460 e. The Morgan fingerprint density at radius 3 is 2.71 bits per heavy atom. The molecule has 2 atom stereocenters. The zero-order valence-electron chi connectivity index (χ0n) is 17.1. The van der Waals surface area contributed by atoms with Crippen molar-refractivity contribution >= 4 is 33.2 Å². The van der Waals surface area contributed by atoms with Crippen molar-refractivity contribution in [2.24, 2.45) is 5.92 Å². The van der Waals surface area contributed by atoms with Gasteiger partial charge in [-0.15, -0.1) is 0 Å². The molecule has 2 aromatic heterocycles. The van der Waals surface area contributed by atoms with E-state index in [2.05, 4.69) is 38.9 Å². The standard InChI is InChI=1S/C21H29BrN4O2/c1-5-15-10-14(20(27)28-21(2,3)4)8-9-25(15)19-18-16(13-6-7-13)11-17(22)26(18)24-12-23-19/h11-15H,5-10H2,1-4H3/t14?,15-/m0/s1. The van der Waals surface area contributed by atoms with Crippen molar-refractivity contribution < 1.29 is 9.53 Å². The summed E-state index contributed by atoms with van der Waals surface area (Å²) in [4.78, 5) is 19.7. The maximum atomic E-state index is 12.6. The molecule has 0 radical (unpaired) electrons. The van der Waals surface area contributed by atoms with E-state index in [0.717, 1.165) is 41.7 Å². The summed E-state index contributed by atoms with van der Waals surface area (Å²) in [6.45, 7) is 8.78. The van der Waals surface area contributed by atoms with Crippen molar-refractivity contribution in [1.82, 2.24) is 14.6 Å². The number of anilines is 1. The first-order valence-electron chi connectivity index (χ1n) is 10.3. The number of hydrogen-bond acceptors (Lipinski definition) is 5. The Labute approximate surface area is 174 Å². The van der Waals surface area contributed by atoms with Crippen LogP contribution in [0.5, 0.6) is 0 Å². The van der Waals surface area contributed by atoms with Gasteiger partial charge in [-0.1, -0.05) is 6.92 Å². The average Bonchev–Trinajstić information content (AvgIpc) is 3.43.